The van der Waals surface area contributed by atoms with Crippen molar-refractivity contribution < 1.29 is 9.53 Å². The molecule has 0 aromatic heterocycles. The van der Waals surface area contributed by atoms with Gasteiger partial charge in [0.15, 0.2) is 0 Å². The molecule has 3 heteroatoms. The van der Waals surface area contributed by atoms with Crippen LogP contribution < -0.4 is 0 Å². The van der Waals surface area contributed by atoms with Gasteiger partial charge in [-0.1, -0.05) is 42.6 Å². The van der Waals surface area contributed by atoms with Crippen LogP contribution in [-0.4, -0.2) is 20.7 Å². The van der Waals surface area contributed by atoms with E-state index in [1.165, 1.54) is 16.3 Å². The Hall–Kier alpha value is -1.35. The zero-order valence-corrected chi connectivity index (χ0v) is 13.0. The van der Waals surface area contributed by atoms with Gasteiger partial charge < -0.3 is 4.74 Å². The Morgan fingerprint density at radius 2 is 1.95 bits per heavy atom. The lowest BCUT2D eigenvalue weighted by Gasteiger charge is -2.23. The maximum absolute atomic E-state index is 11.7. The van der Waals surface area contributed by atoms with Crippen LogP contribution in [0, 0.1) is 0 Å². The molecule has 1 heterocycles. The Kier molecular flexibility index (Phi) is 4.25. The number of fused-ring (bicyclic) bond motifs is 1. The van der Waals surface area contributed by atoms with Crippen LogP contribution in [-0.2, 0) is 22.0 Å². The van der Waals surface area contributed by atoms with Crippen molar-refractivity contribution in [3.05, 3.63) is 46.7 Å². The second-order valence-electron chi connectivity index (χ2n) is 5.75. The summed E-state index contributed by atoms with van der Waals surface area (Å²) in [4.78, 5) is 11.7. The lowest BCUT2D eigenvalue weighted by Crippen LogP contribution is -2.32. The van der Waals surface area contributed by atoms with Crippen molar-refractivity contribution >= 4 is 14.0 Å². The number of hydrogen-bond acceptors (Lipinski definition) is 2. The molecule has 0 fully saturated rings. The van der Waals surface area contributed by atoms with Crippen molar-refractivity contribution in [3.63, 3.8) is 0 Å². The number of aryl methyl sites for hydroxylation is 1. The van der Waals surface area contributed by atoms with Crippen LogP contribution in [0.4, 0.5) is 0 Å². The SMILES string of the molecule is CCOC(=O)/C=C1/CCc2ccccc2C[Si]1(C)C. The number of rotatable bonds is 2. The summed E-state index contributed by atoms with van der Waals surface area (Å²) in [5, 5.41) is 1.34. The molecule has 1 aliphatic rings. The first-order valence-electron chi connectivity index (χ1n) is 6.97. The topological polar surface area (TPSA) is 26.3 Å². The van der Waals surface area contributed by atoms with Crippen molar-refractivity contribution in [2.24, 2.45) is 0 Å². The maximum Gasteiger partial charge on any atom is 0.330 e. The van der Waals surface area contributed by atoms with Crippen LogP contribution in [0.3, 0.4) is 0 Å². The number of esters is 1. The Balaban J connectivity index is 2.28. The first-order chi connectivity index (χ1) is 9.03. The van der Waals surface area contributed by atoms with Crippen molar-refractivity contribution in [1.29, 1.82) is 0 Å². The summed E-state index contributed by atoms with van der Waals surface area (Å²) in [7, 11) is -1.55. The first-order valence-corrected chi connectivity index (χ1v) is 10.2. The normalized spacial score (nSPS) is 19.6. The van der Waals surface area contributed by atoms with Crippen molar-refractivity contribution in [1.82, 2.24) is 0 Å². The molecule has 1 aromatic rings. The highest BCUT2D eigenvalue weighted by Crippen LogP contribution is 2.30. The molecule has 1 aromatic carbocycles. The number of benzene rings is 1. The third-order valence-corrected chi connectivity index (χ3v) is 7.26. The van der Waals surface area contributed by atoms with E-state index in [4.69, 9.17) is 4.74 Å². The summed E-state index contributed by atoms with van der Waals surface area (Å²) in [6, 6.07) is 9.79. The van der Waals surface area contributed by atoms with Gasteiger partial charge in [-0.25, -0.2) is 4.79 Å². The molecule has 0 bridgehead atoms. The van der Waals surface area contributed by atoms with E-state index in [9.17, 15) is 4.79 Å². The molecule has 0 aliphatic carbocycles. The molecular weight excluding hydrogens is 252 g/mol. The Bertz CT molecular complexity index is 503. The zero-order valence-electron chi connectivity index (χ0n) is 12.0. The van der Waals surface area contributed by atoms with Crippen LogP contribution in [0.1, 0.15) is 24.5 Å². The van der Waals surface area contributed by atoms with Crippen molar-refractivity contribution in [2.45, 2.75) is 38.9 Å². The number of allylic oxidation sites excluding steroid dienone is 1. The largest absolute Gasteiger partial charge is 0.463 e. The van der Waals surface area contributed by atoms with E-state index in [0.29, 0.717) is 6.61 Å². The van der Waals surface area contributed by atoms with E-state index in [1.54, 1.807) is 6.08 Å². The van der Waals surface area contributed by atoms with Crippen molar-refractivity contribution in [2.75, 3.05) is 6.61 Å². The Morgan fingerprint density at radius 1 is 1.26 bits per heavy atom. The van der Waals surface area contributed by atoms with Crippen LogP contribution in [0.5, 0.6) is 0 Å². The van der Waals surface area contributed by atoms with Crippen LogP contribution in [0.2, 0.25) is 13.1 Å². The third-order valence-electron chi connectivity index (χ3n) is 3.86. The third kappa shape index (κ3) is 3.35. The van der Waals surface area contributed by atoms with Crippen LogP contribution >= 0.6 is 0 Å². The monoisotopic (exact) mass is 274 g/mol. The van der Waals surface area contributed by atoms with E-state index in [0.717, 1.165) is 18.9 Å². The van der Waals surface area contributed by atoms with E-state index in [2.05, 4.69) is 37.4 Å². The fourth-order valence-electron chi connectivity index (χ4n) is 2.76. The predicted octanol–water partition coefficient (Wildman–Crippen LogP) is 3.45. The summed E-state index contributed by atoms with van der Waals surface area (Å²) < 4.78 is 5.06. The van der Waals surface area contributed by atoms with Gasteiger partial charge in [0.1, 0.15) is 0 Å². The number of carbonyl (C=O) groups is 1. The van der Waals surface area contributed by atoms with Gasteiger partial charge in [-0.3, -0.25) is 0 Å². The van der Waals surface area contributed by atoms with Crippen LogP contribution in [0.15, 0.2) is 35.5 Å². The molecule has 19 heavy (non-hydrogen) atoms. The molecule has 0 amide bonds. The molecule has 0 radical (unpaired) electrons. The molecule has 0 N–H and O–H groups in total. The fourth-order valence-corrected chi connectivity index (χ4v) is 5.60. The average Bonchev–Trinajstić information content (AvgIpc) is 2.47. The number of ether oxygens (including phenoxy) is 1. The van der Waals surface area contributed by atoms with Gasteiger partial charge in [0.25, 0.3) is 0 Å². The van der Waals surface area contributed by atoms with Gasteiger partial charge >= 0.3 is 5.97 Å². The predicted molar refractivity (Wildman–Crippen MR) is 80.7 cm³/mol. The second-order valence-corrected chi connectivity index (χ2v) is 10.5. The quantitative estimate of drug-likeness (QED) is 0.469. The van der Waals surface area contributed by atoms with Gasteiger partial charge in [-0.2, -0.15) is 0 Å². The molecular formula is C16H22O2Si. The van der Waals surface area contributed by atoms with Gasteiger partial charge in [0.05, 0.1) is 14.7 Å². The van der Waals surface area contributed by atoms with Gasteiger partial charge in [0, 0.05) is 6.08 Å². The molecule has 0 spiro atoms. The number of hydrogen-bond donors (Lipinski definition) is 0. The molecule has 0 unspecified atom stereocenters. The second kappa shape index (κ2) is 5.74. The molecule has 1 aliphatic heterocycles. The average molecular weight is 274 g/mol. The molecule has 2 nitrogen and oxygen atoms in total. The summed E-state index contributed by atoms with van der Waals surface area (Å²) in [5.41, 5.74) is 2.90. The molecule has 0 saturated heterocycles. The van der Waals surface area contributed by atoms with Gasteiger partial charge in [0.2, 0.25) is 0 Å². The highest BCUT2D eigenvalue weighted by molar-refractivity contribution is 6.84. The maximum atomic E-state index is 11.7. The summed E-state index contributed by atoms with van der Waals surface area (Å²) in [6.45, 7) is 6.99. The highest BCUT2D eigenvalue weighted by atomic mass is 28.3. The Labute approximate surface area is 116 Å². The molecule has 2 rings (SSSR count). The van der Waals surface area contributed by atoms with E-state index in [-0.39, 0.29) is 5.97 Å². The van der Waals surface area contributed by atoms with E-state index >= 15 is 0 Å². The summed E-state index contributed by atoms with van der Waals surface area (Å²) >= 11 is 0. The first kappa shape index (κ1) is 14.1. The molecule has 102 valence electrons. The smallest absolute Gasteiger partial charge is 0.330 e. The summed E-state index contributed by atoms with van der Waals surface area (Å²) in [6.07, 6.45) is 3.80. The van der Waals surface area contributed by atoms with Gasteiger partial charge in [-0.05, 0) is 36.9 Å². The number of carbonyl (C=O) groups excluding carboxylic acids is 1. The Morgan fingerprint density at radius 3 is 2.63 bits per heavy atom. The van der Waals surface area contributed by atoms with E-state index in [1.807, 2.05) is 6.92 Å². The van der Waals surface area contributed by atoms with E-state index < -0.39 is 8.07 Å². The fraction of sp³-hybridized carbons (Fsp3) is 0.438. The minimum absolute atomic E-state index is 0.177. The van der Waals surface area contributed by atoms with Crippen molar-refractivity contribution in [3.8, 4) is 0 Å². The highest BCUT2D eigenvalue weighted by Gasteiger charge is 2.30. The van der Waals surface area contributed by atoms with Crippen LogP contribution in [0.25, 0.3) is 0 Å². The molecule has 0 atom stereocenters. The lowest BCUT2D eigenvalue weighted by molar-refractivity contribution is -0.137. The minimum Gasteiger partial charge on any atom is -0.463 e. The molecule has 0 saturated carbocycles. The lowest BCUT2D eigenvalue weighted by atomic mass is 10.0. The summed E-state index contributed by atoms with van der Waals surface area (Å²) in [5.74, 6) is -0.177. The standard InChI is InChI=1S/C16H22O2Si/c1-4-18-16(17)11-15-10-9-13-7-5-6-8-14(13)12-19(15,2)3/h5-8,11H,4,9-10,12H2,1-3H3/b15-11-. The minimum atomic E-state index is -1.55. The van der Waals surface area contributed by atoms with Gasteiger partial charge in [-0.15, -0.1) is 0 Å². The zero-order chi connectivity index (χ0) is 13.9.